The van der Waals surface area contributed by atoms with Crippen molar-refractivity contribution in [3.8, 4) is 5.75 Å². The van der Waals surface area contributed by atoms with Gasteiger partial charge in [-0.25, -0.2) is 9.18 Å². The zero-order chi connectivity index (χ0) is 24.1. The zero-order valence-electron chi connectivity index (χ0n) is 18.0. The van der Waals surface area contributed by atoms with E-state index in [9.17, 15) is 27.9 Å². The molecule has 1 aromatic heterocycles. The van der Waals surface area contributed by atoms with E-state index in [1.165, 1.54) is 13.3 Å². The molecular formula is C21H23FN2O8S. The highest BCUT2D eigenvalue weighted by atomic mass is 32.2. The van der Waals surface area contributed by atoms with Gasteiger partial charge in [-0.15, -0.1) is 0 Å². The van der Waals surface area contributed by atoms with Gasteiger partial charge in [0.15, 0.2) is 5.75 Å². The molecule has 2 N–H and O–H groups in total. The third-order valence-electron chi connectivity index (χ3n) is 6.16. The first-order valence-corrected chi connectivity index (χ1v) is 12.2. The van der Waals surface area contributed by atoms with Crippen LogP contribution in [0.3, 0.4) is 0 Å². The van der Waals surface area contributed by atoms with Crippen molar-refractivity contribution in [1.29, 1.82) is 0 Å². The maximum Gasteiger partial charge on any atom is 0.359 e. The van der Waals surface area contributed by atoms with Crippen LogP contribution in [0.4, 0.5) is 4.39 Å². The Hall–Kier alpha value is -2.99. The summed E-state index contributed by atoms with van der Waals surface area (Å²) < 4.78 is 49.8. The molecule has 2 aliphatic rings. The van der Waals surface area contributed by atoms with Gasteiger partial charge in [0.25, 0.3) is 0 Å². The third kappa shape index (κ3) is 3.97. The van der Waals surface area contributed by atoms with Gasteiger partial charge in [-0.05, 0) is 44.8 Å². The number of hydrogen-bond acceptors (Lipinski definition) is 8. The molecule has 1 aliphatic heterocycles. The molecule has 0 spiro atoms. The molecule has 10 nitrogen and oxygen atoms in total. The minimum atomic E-state index is -4.19. The number of nitrogens with zero attached hydrogens (tertiary/aromatic N) is 1. The molecule has 12 heteroatoms. The van der Waals surface area contributed by atoms with Gasteiger partial charge in [-0.1, -0.05) is 0 Å². The van der Waals surface area contributed by atoms with Crippen LogP contribution in [0.5, 0.6) is 5.75 Å². The van der Waals surface area contributed by atoms with E-state index < -0.39 is 44.3 Å². The Kier molecular flexibility index (Phi) is 5.69. The third-order valence-corrected chi connectivity index (χ3v) is 6.61. The molecule has 4 rings (SSSR count). The fraction of sp³-hybridized carbons (Fsp3) is 0.476. The molecule has 2 heterocycles. The van der Waals surface area contributed by atoms with Gasteiger partial charge in [0.05, 0.1) is 24.3 Å². The van der Waals surface area contributed by atoms with Gasteiger partial charge in [0.2, 0.25) is 5.43 Å². The van der Waals surface area contributed by atoms with Crippen molar-refractivity contribution < 1.29 is 36.4 Å². The normalized spacial score (nSPS) is 18.2. The van der Waals surface area contributed by atoms with Crippen molar-refractivity contribution in [3.63, 3.8) is 0 Å². The van der Waals surface area contributed by atoms with Crippen molar-refractivity contribution in [1.82, 2.24) is 9.88 Å². The Morgan fingerprint density at radius 2 is 1.91 bits per heavy atom. The predicted octanol–water partition coefficient (Wildman–Crippen LogP) is 1.31. The van der Waals surface area contributed by atoms with Gasteiger partial charge in [-0.3, -0.25) is 9.59 Å². The van der Waals surface area contributed by atoms with Crippen LogP contribution in [0.25, 0.3) is 10.9 Å². The Labute approximate surface area is 188 Å². The van der Waals surface area contributed by atoms with E-state index in [0.29, 0.717) is 32.2 Å². The number of aromatic nitrogens is 1. The van der Waals surface area contributed by atoms with Gasteiger partial charge in [0, 0.05) is 17.8 Å². The molecular weight excluding hydrogens is 459 g/mol. The summed E-state index contributed by atoms with van der Waals surface area (Å²) in [6.45, 7) is 0.720. The van der Waals surface area contributed by atoms with Gasteiger partial charge < -0.3 is 23.9 Å². The van der Waals surface area contributed by atoms with Crippen LogP contribution in [0.2, 0.25) is 0 Å². The lowest BCUT2D eigenvalue weighted by Gasteiger charge is -2.35. The lowest BCUT2D eigenvalue weighted by molar-refractivity contribution is -0.145. The van der Waals surface area contributed by atoms with Crippen LogP contribution in [0, 0.1) is 5.82 Å². The number of carbonyl (C=O) groups excluding carboxylic acids is 1. The second kappa shape index (κ2) is 8.10. The van der Waals surface area contributed by atoms with E-state index >= 15 is 4.39 Å². The van der Waals surface area contributed by atoms with Gasteiger partial charge in [0.1, 0.15) is 16.8 Å². The number of pyridine rings is 1. The molecule has 1 aromatic carbocycles. The van der Waals surface area contributed by atoms with Crippen molar-refractivity contribution in [3.05, 3.63) is 39.4 Å². The molecule has 0 amide bonds. The van der Waals surface area contributed by atoms with E-state index in [0.717, 1.165) is 6.07 Å². The summed E-state index contributed by atoms with van der Waals surface area (Å²) in [6, 6.07) is 0.747. The van der Waals surface area contributed by atoms with Crippen molar-refractivity contribution in [2.24, 2.45) is 0 Å². The molecule has 0 atom stereocenters. The summed E-state index contributed by atoms with van der Waals surface area (Å²) in [6.07, 6.45) is 3.48. The van der Waals surface area contributed by atoms with E-state index in [1.54, 1.807) is 4.57 Å². The fourth-order valence-electron chi connectivity index (χ4n) is 4.49. The maximum atomic E-state index is 15.6. The summed E-state index contributed by atoms with van der Waals surface area (Å²) in [5.41, 5.74) is -3.05. The summed E-state index contributed by atoms with van der Waals surface area (Å²) in [4.78, 5) is 37.9. The number of carboxylic acid groups (broad SMARTS) is 1. The van der Waals surface area contributed by atoms with Crippen molar-refractivity contribution in [2.45, 2.75) is 37.1 Å². The Morgan fingerprint density at radius 3 is 2.42 bits per heavy atom. The first-order chi connectivity index (χ1) is 15.5. The Bertz CT molecular complexity index is 1320. The molecule has 0 bridgehead atoms. The summed E-state index contributed by atoms with van der Waals surface area (Å²) in [7, 11) is -2.92. The number of hydrogen-bond donors (Lipinski definition) is 2. The van der Waals surface area contributed by atoms with E-state index in [4.69, 9.17) is 4.74 Å². The van der Waals surface area contributed by atoms with Crippen LogP contribution in [-0.2, 0) is 24.5 Å². The average molecular weight is 482 g/mol. The number of rotatable bonds is 6. The second-order valence-electron chi connectivity index (χ2n) is 8.39. The number of fused-ring (bicyclic) bond motifs is 1. The summed E-state index contributed by atoms with van der Waals surface area (Å²) in [5, 5.41) is 12.9. The average Bonchev–Trinajstić information content (AvgIpc) is 3.57. The second-order valence-corrected chi connectivity index (χ2v) is 9.96. The predicted molar refractivity (Wildman–Crippen MR) is 115 cm³/mol. The van der Waals surface area contributed by atoms with Crippen LogP contribution < -0.4 is 15.5 Å². The van der Waals surface area contributed by atoms with Crippen LogP contribution in [0.15, 0.2) is 17.1 Å². The number of ether oxygens (including phenoxy) is 1. The number of benzene rings is 1. The number of halogens is 1. The molecule has 1 saturated carbocycles. The molecule has 1 aliphatic carbocycles. The smallest absolute Gasteiger partial charge is 0.359 e. The number of carbonyl (C=O) groups is 2. The highest BCUT2D eigenvalue weighted by Crippen LogP contribution is 2.46. The molecule has 178 valence electrons. The number of aliphatic carboxylic acids is 1. The minimum Gasteiger partial charge on any atom is -0.494 e. The topological polar surface area (TPSA) is 141 Å². The van der Waals surface area contributed by atoms with Crippen LogP contribution in [0.1, 0.15) is 47.6 Å². The van der Waals surface area contributed by atoms with Crippen LogP contribution >= 0.6 is 0 Å². The van der Waals surface area contributed by atoms with Crippen molar-refractivity contribution >= 4 is 33.0 Å². The fourth-order valence-corrected chi connectivity index (χ4v) is 4.86. The summed E-state index contributed by atoms with van der Waals surface area (Å²) in [5.74, 6) is -3.60. The van der Waals surface area contributed by atoms with Gasteiger partial charge in [-0.2, -0.15) is 8.42 Å². The minimum absolute atomic E-state index is 0.0821. The Balaban J connectivity index is 2.06. The largest absolute Gasteiger partial charge is 0.494 e. The van der Waals surface area contributed by atoms with E-state index in [-0.39, 0.29) is 41.1 Å². The quantitative estimate of drug-likeness (QED) is 0.583. The molecule has 2 aromatic rings. The molecule has 0 unspecified atom stereocenters. The first-order valence-electron chi connectivity index (χ1n) is 10.3. The highest BCUT2D eigenvalue weighted by molar-refractivity contribution is 7.86. The summed E-state index contributed by atoms with van der Waals surface area (Å²) >= 11 is 0. The lowest BCUT2D eigenvalue weighted by atomic mass is 9.72. The van der Waals surface area contributed by atoms with E-state index in [1.807, 2.05) is 0 Å². The zero-order valence-corrected chi connectivity index (χ0v) is 18.8. The molecule has 0 radical (unpaired) electrons. The standard InChI is InChI=1S/C21H23FN2O8S/c1-31-18-15(21(20(27)28)5-7-23-8-6-21)14(22)9-12-16(18)24(11-3-4-11)10-13(17(12)25)19(26)32-33(2,29)30/h9-11,23H,3-8H2,1-2H3,(H,27,28). The Morgan fingerprint density at radius 1 is 1.27 bits per heavy atom. The van der Waals surface area contributed by atoms with Crippen LogP contribution in [-0.4, -0.2) is 56.5 Å². The number of nitrogens with one attached hydrogen (secondary N) is 1. The van der Waals surface area contributed by atoms with Gasteiger partial charge >= 0.3 is 22.1 Å². The van der Waals surface area contributed by atoms with E-state index in [2.05, 4.69) is 9.50 Å². The number of methoxy groups -OCH3 is 1. The lowest BCUT2D eigenvalue weighted by Crippen LogP contribution is -2.46. The number of carboxylic acids is 1. The monoisotopic (exact) mass is 482 g/mol. The maximum absolute atomic E-state index is 15.6. The molecule has 1 saturated heterocycles. The number of piperidine rings is 1. The SMILES string of the molecule is COc1c(C2(C(=O)O)CCNCC2)c(F)cc2c(=O)c(C(=O)OS(C)(=O)=O)cn(C3CC3)c12. The highest BCUT2D eigenvalue weighted by Gasteiger charge is 2.46. The molecule has 33 heavy (non-hydrogen) atoms. The molecule has 2 fully saturated rings. The first kappa shape index (κ1) is 23.2. The van der Waals surface area contributed by atoms with Crippen molar-refractivity contribution in [2.75, 3.05) is 26.5 Å².